The van der Waals surface area contributed by atoms with E-state index in [0.29, 0.717) is 18.5 Å². The number of carbonyl (C=O) groups is 1. The number of hydrogen-bond donors (Lipinski definition) is 2. The lowest BCUT2D eigenvalue weighted by molar-refractivity contribution is 0.195. The second kappa shape index (κ2) is 6.87. The number of likely N-dealkylation sites (N-methyl/N-ethyl adjacent to an activating group) is 2. The van der Waals surface area contributed by atoms with Crippen LogP contribution in [0.5, 0.6) is 5.75 Å². The van der Waals surface area contributed by atoms with Crippen LogP contribution in [0.25, 0.3) is 0 Å². The minimum absolute atomic E-state index is 0.0558. The fourth-order valence-electron chi connectivity index (χ4n) is 4.57. The Morgan fingerprint density at radius 2 is 2.00 bits per heavy atom. The summed E-state index contributed by atoms with van der Waals surface area (Å²) in [6.07, 6.45) is 0.936. The third-order valence-corrected chi connectivity index (χ3v) is 5.84. The Labute approximate surface area is 160 Å². The zero-order valence-corrected chi connectivity index (χ0v) is 16.0. The van der Waals surface area contributed by atoms with Crippen LogP contribution in [0.1, 0.15) is 24.5 Å². The molecule has 0 aliphatic carbocycles. The van der Waals surface area contributed by atoms with Crippen LogP contribution in [0.3, 0.4) is 0 Å². The van der Waals surface area contributed by atoms with Crippen molar-refractivity contribution in [1.82, 2.24) is 15.8 Å². The molecule has 1 saturated heterocycles. The molecule has 2 N–H and O–H groups in total. The number of rotatable bonds is 4. The van der Waals surface area contributed by atoms with E-state index in [9.17, 15) is 4.79 Å². The molecule has 0 aromatic heterocycles. The maximum atomic E-state index is 12.1. The molecule has 1 fully saturated rings. The Morgan fingerprint density at radius 3 is 2.78 bits per heavy atom. The molecule has 142 valence electrons. The monoisotopic (exact) mass is 366 g/mol. The van der Waals surface area contributed by atoms with Crippen molar-refractivity contribution < 1.29 is 9.53 Å². The van der Waals surface area contributed by atoms with Gasteiger partial charge in [0.15, 0.2) is 0 Å². The summed E-state index contributed by atoms with van der Waals surface area (Å²) in [5.41, 5.74) is 9.09. The van der Waals surface area contributed by atoms with Crippen LogP contribution in [-0.4, -0.2) is 37.8 Å². The zero-order chi connectivity index (χ0) is 19.0. The van der Waals surface area contributed by atoms with Gasteiger partial charge in [0, 0.05) is 31.2 Å². The molecular formula is C21H26N4O2. The van der Waals surface area contributed by atoms with Crippen molar-refractivity contribution in [1.29, 1.82) is 0 Å². The topological polar surface area (TPSA) is 56.8 Å². The summed E-state index contributed by atoms with van der Waals surface area (Å²) in [6, 6.07) is 15.8. The van der Waals surface area contributed by atoms with Gasteiger partial charge < -0.3 is 9.64 Å². The summed E-state index contributed by atoms with van der Waals surface area (Å²) in [5.74, 6) is 0.567. The number of ether oxygens (including phenoxy) is 1. The summed E-state index contributed by atoms with van der Waals surface area (Å²) >= 11 is 0. The van der Waals surface area contributed by atoms with Gasteiger partial charge in [0.25, 0.3) is 0 Å². The van der Waals surface area contributed by atoms with E-state index in [1.165, 1.54) is 11.3 Å². The molecular weight excluding hydrogens is 340 g/mol. The Kier molecular flexibility index (Phi) is 4.53. The summed E-state index contributed by atoms with van der Waals surface area (Å²) < 4.78 is 5.49. The first kappa shape index (κ1) is 17.8. The average Bonchev–Trinajstić information content (AvgIpc) is 3.08. The van der Waals surface area contributed by atoms with Crippen LogP contribution < -0.4 is 20.5 Å². The van der Waals surface area contributed by atoms with Crippen LogP contribution in [0.15, 0.2) is 48.5 Å². The van der Waals surface area contributed by atoms with Crippen molar-refractivity contribution in [2.45, 2.75) is 31.5 Å². The van der Waals surface area contributed by atoms with E-state index in [1.807, 2.05) is 48.5 Å². The van der Waals surface area contributed by atoms with Gasteiger partial charge in [-0.15, -0.1) is 0 Å². The van der Waals surface area contributed by atoms with Crippen molar-refractivity contribution in [2.75, 3.05) is 25.5 Å². The van der Waals surface area contributed by atoms with E-state index in [1.54, 1.807) is 0 Å². The number of hydrogen-bond acceptors (Lipinski definition) is 5. The van der Waals surface area contributed by atoms with Crippen molar-refractivity contribution in [3.63, 3.8) is 0 Å². The van der Waals surface area contributed by atoms with Crippen LogP contribution >= 0.6 is 0 Å². The van der Waals surface area contributed by atoms with Crippen molar-refractivity contribution in [3.8, 4) is 5.75 Å². The molecule has 0 unspecified atom stereocenters. The number of fused-ring (bicyclic) bond motifs is 3. The minimum atomic E-state index is -0.512. The third-order valence-electron chi connectivity index (χ3n) is 5.84. The Bertz CT molecular complexity index is 841. The number of nitrogens with one attached hydrogen (secondary N) is 2. The molecule has 2 aliphatic heterocycles. The second-order valence-corrected chi connectivity index (χ2v) is 7.67. The van der Waals surface area contributed by atoms with E-state index in [2.05, 4.69) is 41.7 Å². The lowest BCUT2D eigenvalue weighted by Gasteiger charge is -2.32. The first-order chi connectivity index (χ1) is 13.0. The smallest absolute Gasteiger partial charge is 0.409 e. The van der Waals surface area contributed by atoms with Crippen LogP contribution in [-0.2, 0) is 12.0 Å². The molecule has 2 aliphatic rings. The standard InChI is InChI=1S/C21H26N4O2/c1-21-11-12-24(2)19(21)25(3)18-10-9-16(13-17(18)21)27-20(26)23-22-14-15-7-5-4-6-8-15/h4-10,13,19,22H,11-12,14H2,1-3H3,(H,23,26)/t19-,21-/m0/s1. The second-order valence-electron chi connectivity index (χ2n) is 7.67. The summed E-state index contributed by atoms with van der Waals surface area (Å²) in [5, 5.41) is 0. The van der Waals surface area contributed by atoms with E-state index >= 15 is 0 Å². The molecule has 27 heavy (non-hydrogen) atoms. The van der Waals surface area contributed by atoms with Crippen molar-refractivity contribution in [3.05, 3.63) is 59.7 Å². The molecule has 2 atom stereocenters. The van der Waals surface area contributed by atoms with Crippen LogP contribution in [0, 0.1) is 0 Å². The lowest BCUT2D eigenvalue weighted by Crippen LogP contribution is -2.45. The Morgan fingerprint density at radius 1 is 1.22 bits per heavy atom. The number of hydrazine groups is 1. The number of likely N-dealkylation sites (tertiary alicyclic amines) is 1. The first-order valence-corrected chi connectivity index (χ1v) is 9.31. The van der Waals surface area contributed by atoms with Gasteiger partial charge in [-0.05, 0) is 42.8 Å². The maximum Gasteiger partial charge on any atom is 0.427 e. The molecule has 6 heteroatoms. The van der Waals surface area contributed by atoms with Crippen LogP contribution in [0.4, 0.5) is 10.5 Å². The number of carbonyl (C=O) groups excluding carboxylic acids is 1. The number of amides is 1. The van der Waals surface area contributed by atoms with Gasteiger partial charge in [0.2, 0.25) is 0 Å². The van der Waals surface area contributed by atoms with Gasteiger partial charge in [0.05, 0.1) is 6.17 Å². The third kappa shape index (κ3) is 3.15. The molecule has 6 nitrogen and oxygen atoms in total. The van der Waals surface area contributed by atoms with Gasteiger partial charge in [-0.3, -0.25) is 10.3 Å². The van der Waals surface area contributed by atoms with Crippen molar-refractivity contribution in [2.24, 2.45) is 0 Å². The van der Waals surface area contributed by atoms with Gasteiger partial charge in [0.1, 0.15) is 5.75 Å². The highest BCUT2D eigenvalue weighted by Crippen LogP contribution is 2.51. The van der Waals surface area contributed by atoms with Gasteiger partial charge in [-0.25, -0.2) is 10.2 Å². The SMILES string of the molecule is CN1CC[C@@]2(C)c3cc(OC(=O)NNCc4ccccc4)ccc3N(C)[C@H]12. The van der Waals surface area contributed by atoms with Crippen LogP contribution in [0.2, 0.25) is 0 Å². The predicted molar refractivity (Wildman–Crippen MR) is 106 cm³/mol. The highest BCUT2D eigenvalue weighted by Gasteiger charge is 2.52. The zero-order valence-electron chi connectivity index (χ0n) is 16.0. The molecule has 4 rings (SSSR count). The molecule has 0 radical (unpaired) electrons. The molecule has 2 heterocycles. The van der Waals surface area contributed by atoms with Gasteiger partial charge in [-0.2, -0.15) is 0 Å². The highest BCUT2D eigenvalue weighted by atomic mass is 16.6. The number of anilines is 1. The molecule has 2 aromatic rings. The van der Waals surface area contributed by atoms with E-state index < -0.39 is 6.09 Å². The van der Waals surface area contributed by atoms with Crippen molar-refractivity contribution >= 4 is 11.8 Å². The minimum Gasteiger partial charge on any atom is -0.409 e. The first-order valence-electron chi connectivity index (χ1n) is 9.31. The van der Waals surface area contributed by atoms with Gasteiger partial charge >= 0.3 is 6.09 Å². The fourth-order valence-corrected chi connectivity index (χ4v) is 4.57. The molecule has 2 aromatic carbocycles. The summed E-state index contributed by atoms with van der Waals surface area (Å²) in [6.45, 7) is 3.91. The average molecular weight is 366 g/mol. The summed E-state index contributed by atoms with van der Waals surface area (Å²) in [4.78, 5) is 16.8. The highest BCUT2D eigenvalue weighted by molar-refractivity contribution is 5.72. The Balaban J connectivity index is 1.41. The molecule has 0 bridgehead atoms. The molecule has 0 spiro atoms. The molecule has 0 saturated carbocycles. The Hall–Kier alpha value is -2.57. The number of nitrogens with zero attached hydrogens (tertiary/aromatic N) is 2. The van der Waals surface area contributed by atoms with E-state index in [0.717, 1.165) is 18.5 Å². The quantitative estimate of drug-likeness (QED) is 0.815. The predicted octanol–water partition coefficient (Wildman–Crippen LogP) is 2.85. The number of benzene rings is 2. The van der Waals surface area contributed by atoms with E-state index in [-0.39, 0.29) is 5.41 Å². The summed E-state index contributed by atoms with van der Waals surface area (Å²) in [7, 11) is 4.30. The lowest BCUT2D eigenvalue weighted by atomic mass is 9.81. The normalized spacial score (nSPS) is 23.8. The maximum absolute atomic E-state index is 12.1. The largest absolute Gasteiger partial charge is 0.427 e. The van der Waals surface area contributed by atoms with Gasteiger partial charge in [-0.1, -0.05) is 37.3 Å². The van der Waals surface area contributed by atoms with E-state index in [4.69, 9.17) is 4.74 Å². The fraction of sp³-hybridized carbons (Fsp3) is 0.381. The molecule has 1 amide bonds.